The van der Waals surface area contributed by atoms with Crippen molar-refractivity contribution in [3.8, 4) is 11.1 Å². The summed E-state index contributed by atoms with van der Waals surface area (Å²) in [5.41, 5.74) is 10.3. The number of carbonyl (C=O) groups excluding carboxylic acids is 1. The topological polar surface area (TPSA) is 17.1 Å². The summed E-state index contributed by atoms with van der Waals surface area (Å²) >= 11 is 0. The second kappa shape index (κ2) is 12.9. The third-order valence-electron chi connectivity index (χ3n) is 8.45. The minimum Gasteiger partial charge on any atom is -0.294 e. The quantitative estimate of drug-likeness (QED) is 0.157. The number of rotatable bonds is 9. The van der Waals surface area contributed by atoms with Gasteiger partial charge in [0.2, 0.25) is 0 Å². The molecule has 1 saturated carbocycles. The maximum atomic E-state index is 13.3. The van der Waals surface area contributed by atoms with Crippen molar-refractivity contribution < 1.29 is 4.79 Å². The molecular weight excluding hydrogens is 484 g/mol. The number of aryl methyl sites for hydroxylation is 1. The van der Waals surface area contributed by atoms with Crippen LogP contribution in [0.4, 0.5) is 0 Å². The zero-order chi connectivity index (χ0) is 27.9. The Bertz CT molecular complexity index is 1480. The largest absolute Gasteiger partial charge is 0.294 e. The minimum absolute atomic E-state index is 0.165. The smallest absolute Gasteiger partial charge is 0.165 e. The fourth-order valence-corrected chi connectivity index (χ4v) is 6.00. The van der Waals surface area contributed by atoms with Crippen LogP contribution < -0.4 is 0 Å². The second-order valence-electron chi connectivity index (χ2n) is 11.5. The van der Waals surface area contributed by atoms with Crippen molar-refractivity contribution in [1.29, 1.82) is 0 Å². The van der Waals surface area contributed by atoms with Crippen LogP contribution in [0, 0.1) is 11.8 Å². The van der Waals surface area contributed by atoms with E-state index in [1.807, 2.05) is 12.1 Å². The van der Waals surface area contributed by atoms with Gasteiger partial charge in [-0.2, -0.15) is 0 Å². The standard InChI is InChI=1S/C39H40O/c1-28-20-24-33(25-21-28)39(40)36-18-10-16-34(27-36)30(3)26-35-17-11-19-37(32-14-8-5-9-15-32)38(35)29(2)22-23-31-12-6-4-7-13-31/h4-19,26-28,33H,2,20-25H2,1,3H3. The van der Waals surface area contributed by atoms with Crippen molar-refractivity contribution in [3.63, 3.8) is 0 Å². The summed E-state index contributed by atoms with van der Waals surface area (Å²) in [5, 5.41) is 0. The Balaban J connectivity index is 1.47. The lowest BCUT2D eigenvalue weighted by atomic mass is 9.79. The van der Waals surface area contributed by atoms with E-state index in [-0.39, 0.29) is 5.92 Å². The molecule has 1 aliphatic rings. The molecule has 0 saturated heterocycles. The molecule has 0 radical (unpaired) electrons. The lowest BCUT2D eigenvalue weighted by molar-refractivity contribution is 0.0875. The number of allylic oxidation sites excluding steroid dienone is 2. The number of hydrogen-bond donors (Lipinski definition) is 0. The molecule has 5 rings (SSSR count). The third kappa shape index (κ3) is 6.59. The fraction of sp³-hybridized carbons (Fsp3) is 0.256. The highest BCUT2D eigenvalue weighted by Crippen LogP contribution is 2.36. The van der Waals surface area contributed by atoms with Crippen LogP contribution in [-0.2, 0) is 6.42 Å². The summed E-state index contributed by atoms with van der Waals surface area (Å²) < 4.78 is 0. The van der Waals surface area contributed by atoms with Crippen molar-refractivity contribution in [2.45, 2.75) is 52.4 Å². The summed E-state index contributed by atoms with van der Waals surface area (Å²) in [6.45, 7) is 9.04. The summed E-state index contributed by atoms with van der Waals surface area (Å²) in [6.07, 6.45) is 8.45. The van der Waals surface area contributed by atoms with E-state index < -0.39 is 0 Å². The molecule has 4 aromatic rings. The second-order valence-corrected chi connectivity index (χ2v) is 11.5. The van der Waals surface area contributed by atoms with E-state index in [4.69, 9.17) is 0 Å². The number of Topliss-reactive ketones (excluding diaryl/α,β-unsaturated/α-hetero) is 1. The Morgan fingerprint density at radius 1 is 0.800 bits per heavy atom. The highest BCUT2D eigenvalue weighted by atomic mass is 16.1. The van der Waals surface area contributed by atoms with E-state index in [1.165, 1.54) is 22.3 Å². The van der Waals surface area contributed by atoms with Gasteiger partial charge in [0.15, 0.2) is 5.78 Å². The molecule has 0 bridgehead atoms. The number of benzene rings is 4. The number of ketones is 1. The van der Waals surface area contributed by atoms with Crippen LogP contribution in [0.15, 0.2) is 110 Å². The lowest BCUT2D eigenvalue weighted by Gasteiger charge is -2.25. The summed E-state index contributed by atoms with van der Waals surface area (Å²) in [5.74, 6) is 1.21. The molecule has 0 aromatic heterocycles. The van der Waals surface area contributed by atoms with Crippen molar-refractivity contribution in [3.05, 3.63) is 138 Å². The molecule has 0 aliphatic heterocycles. The SMILES string of the molecule is C=C(CCc1ccccc1)c1c(C=C(C)c2cccc(C(=O)C3CCC(C)CC3)c2)cccc1-c1ccccc1. The van der Waals surface area contributed by atoms with Crippen LogP contribution in [0.25, 0.3) is 28.3 Å². The minimum atomic E-state index is 0.165. The van der Waals surface area contributed by atoms with Crippen LogP contribution in [0.2, 0.25) is 0 Å². The Hall–Kier alpha value is -3.97. The van der Waals surface area contributed by atoms with Gasteiger partial charge < -0.3 is 0 Å². The Morgan fingerprint density at radius 2 is 1.45 bits per heavy atom. The van der Waals surface area contributed by atoms with Gasteiger partial charge in [-0.15, -0.1) is 0 Å². The fourth-order valence-electron chi connectivity index (χ4n) is 6.00. The highest BCUT2D eigenvalue weighted by Gasteiger charge is 2.25. The van der Waals surface area contributed by atoms with E-state index in [0.29, 0.717) is 5.78 Å². The molecular formula is C39H40O. The van der Waals surface area contributed by atoms with Gasteiger partial charge in [-0.25, -0.2) is 0 Å². The zero-order valence-electron chi connectivity index (χ0n) is 23.9. The van der Waals surface area contributed by atoms with Crippen molar-refractivity contribution in [1.82, 2.24) is 0 Å². The van der Waals surface area contributed by atoms with E-state index in [1.54, 1.807) is 0 Å². The molecule has 0 heterocycles. The first-order chi connectivity index (χ1) is 19.5. The summed E-state index contributed by atoms with van der Waals surface area (Å²) in [4.78, 5) is 13.3. The van der Waals surface area contributed by atoms with Gasteiger partial charge in [0.25, 0.3) is 0 Å². The average Bonchev–Trinajstić information content (AvgIpc) is 3.01. The van der Waals surface area contributed by atoms with Crippen LogP contribution in [0.3, 0.4) is 0 Å². The number of carbonyl (C=O) groups is 1. The van der Waals surface area contributed by atoms with Crippen molar-refractivity contribution in [2.24, 2.45) is 11.8 Å². The Kier molecular flexibility index (Phi) is 8.91. The molecule has 1 fully saturated rings. The monoisotopic (exact) mass is 524 g/mol. The van der Waals surface area contributed by atoms with Gasteiger partial charge in [0.05, 0.1) is 0 Å². The van der Waals surface area contributed by atoms with E-state index in [2.05, 4.69) is 117 Å². The molecule has 1 heteroatoms. The first-order valence-electron chi connectivity index (χ1n) is 14.7. The maximum Gasteiger partial charge on any atom is 0.165 e. The van der Waals surface area contributed by atoms with Gasteiger partial charge in [0.1, 0.15) is 0 Å². The van der Waals surface area contributed by atoms with Crippen LogP contribution in [-0.4, -0.2) is 5.78 Å². The first kappa shape index (κ1) is 27.6. The number of hydrogen-bond acceptors (Lipinski definition) is 1. The van der Waals surface area contributed by atoms with Gasteiger partial charge in [-0.1, -0.05) is 129 Å². The van der Waals surface area contributed by atoms with Gasteiger partial charge >= 0.3 is 0 Å². The predicted molar refractivity (Wildman–Crippen MR) is 171 cm³/mol. The molecule has 0 unspecified atom stereocenters. The molecule has 202 valence electrons. The molecule has 0 spiro atoms. The normalized spacial score (nSPS) is 17.4. The summed E-state index contributed by atoms with van der Waals surface area (Å²) in [7, 11) is 0. The van der Waals surface area contributed by atoms with Crippen molar-refractivity contribution >= 4 is 23.0 Å². The van der Waals surface area contributed by atoms with Gasteiger partial charge in [-0.3, -0.25) is 4.79 Å². The van der Waals surface area contributed by atoms with Crippen LogP contribution in [0.5, 0.6) is 0 Å². The van der Waals surface area contributed by atoms with Crippen LogP contribution >= 0.6 is 0 Å². The third-order valence-corrected chi connectivity index (χ3v) is 8.45. The van der Waals surface area contributed by atoms with E-state index in [0.717, 1.165) is 72.3 Å². The average molecular weight is 525 g/mol. The van der Waals surface area contributed by atoms with Crippen molar-refractivity contribution in [2.75, 3.05) is 0 Å². The molecule has 0 N–H and O–H groups in total. The van der Waals surface area contributed by atoms with Gasteiger partial charge in [0, 0.05) is 11.5 Å². The highest BCUT2D eigenvalue weighted by molar-refractivity contribution is 5.99. The molecule has 0 atom stereocenters. The first-order valence-corrected chi connectivity index (χ1v) is 14.7. The summed E-state index contributed by atoms with van der Waals surface area (Å²) in [6, 6.07) is 36.0. The Labute approximate surface area is 240 Å². The van der Waals surface area contributed by atoms with E-state index >= 15 is 0 Å². The zero-order valence-corrected chi connectivity index (χ0v) is 23.9. The van der Waals surface area contributed by atoms with Gasteiger partial charge in [-0.05, 0) is 89.1 Å². The van der Waals surface area contributed by atoms with E-state index in [9.17, 15) is 4.79 Å². The maximum absolute atomic E-state index is 13.3. The lowest BCUT2D eigenvalue weighted by Crippen LogP contribution is -2.21. The van der Waals surface area contributed by atoms with Crippen LogP contribution in [0.1, 0.15) is 78.6 Å². The Morgan fingerprint density at radius 3 is 2.17 bits per heavy atom. The predicted octanol–water partition coefficient (Wildman–Crippen LogP) is 10.6. The molecule has 0 amide bonds. The molecule has 4 aromatic carbocycles. The molecule has 1 nitrogen and oxygen atoms in total. The molecule has 1 aliphatic carbocycles. The molecule has 40 heavy (non-hydrogen) atoms.